The van der Waals surface area contributed by atoms with Crippen LogP contribution >= 0.6 is 11.6 Å². The van der Waals surface area contributed by atoms with Crippen molar-refractivity contribution in [1.82, 2.24) is 14.8 Å². The van der Waals surface area contributed by atoms with E-state index >= 15 is 0 Å². The minimum absolute atomic E-state index is 0.000217. The zero-order chi connectivity index (χ0) is 19.0. The van der Waals surface area contributed by atoms with Gasteiger partial charge in [-0.25, -0.2) is 13.1 Å². The number of hydrogen-bond donors (Lipinski definition) is 2. The molecule has 1 aliphatic heterocycles. The van der Waals surface area contributed by atoms with E-state index in [9.17, 15) is 8.42 Å². The summed E-state index contributed by atoms with van der Waals surface area (Å²) in [4.78, 5) is 4.28. The average molecular weight is 402 g/mol. The number of benzene rings is 2. The lowest BCUT2D eigenvalue weighted by Crippen LogP contribution is -2.20. The highest BCUT2D eigenvalue weighted by atomic mass is 35.5. The van der Waals surface area contributed by atoms with E-state index in [4.69, 9.17) is 11.6 Å². The number of hydrogen-bond acceptors (Lipinski definition) is 5. The maximum atomic E-state index is 11.6. The standard InChI is InChI=1S/C18H16ClN5O2S/c1-27(25,26)23-17-21-18-20-15(12-7-3-2-4-8-12)11-16(24(18)22-17)13-9-5-6-10-14(13)19/h2-11,16H,1H3,(H2,20,21,22,23). The lowest BCUT2D eigenvalue weighted by atomic mass is 10.0. The molecule has 2 heterocycles. The molecule has 7 nitrogen and oxygen atoms in total. The summed E-state index contributed by atoms with van der Waals surface area (Å²) in [6, 6.07) is 16.9. The van der Waals surface area contributed by atoms with E-state index in [0.717, 1.165) is 23.1 Å². The van der Waals surface area contributed by atoms with Gasteiger partial charge >= 0.3 is 0 Å². The number of sulfonamides is 1. The molecular weight excluding hydrogens is 386 g/mol. The van der Waals surface area contributed by atoms with E-state index in [1.807, 2.05) is 54.6 Å². The second-order valence-corrected chi connectivity index (χ2v) is 8.27. The van der Waals surface area contributed by atoms with Gasteiger partial charge in [0.15, 0.2) is 0 Å². The van der Waals surface area contributed by atoms with E-state index < -0.39 is 10.0 Å². The zero-order valence-electron chi connectivity index (χ0n) is 14.3. The van der Waals surface area contributed by atoms with Crippen LogP contribution in [-0.2, 0) is 10.0 Å². The fraction of sp³-hybridized carbons (Fsp3) is 0.111. The molecule has 27 heavy (non-hydrogen) atoms. The van der Waals surface area contributed by atoms with E-state index in [2.05, 4.69) is 20.1 Å². The van der Waals surface area contributed by atoms with Gasteiger partial charge in [-0.15, -0.1) is 5.10 Å². The van der Waals surface area contributed by atoms with Gasteiger partial charge in [0, 0.05) is 10.7 Å². The summed E-state index contributed by atoms with van der Waals surface area (Å²) in [7, 11) is -3.49. The van der Waals surface area contributed by atoms with Crippen LogP contribution in [0.5, 0.6) is 0 Å². The maximum absolute atomic E-state index is 11.6. The van der Waals surface area contributed by atoms with Crippen LogP contribution in [0.1, 0.15) is 17.2 Å². The summed E-state index contributed by atoms with van der Waals surface area (Å²) in [5.74, 6) is 0.423. The summed E-state index contributed by atoms with van der Waals surface area (Å²) in [6.07, 6.45) is 3.04. The molecule has 3 aromatic rings. The molecule has 0 aliphatic carbocycles. The molecule has 1 aliphatic rings. The molecule has 138 valence electrons. The number of nitrogens with one attached hydrogen (secondary N) is 2. The molecule has 1 aromatic heterocycles. The Kier molecular flexibility index (Phi) is 4.37. The first kappa shape index (κ1) is 17.6. The summed E-state index contributed by atoms with van der Waals surface area (Å²) in [6.45, 7) is 0. The van der Waals surface area contributed by atoms with Crippen LogP contribution in [0.4, 0.5) is 11.9 Å². The lowest BCUT2D eigenvalue weighted by Gasteiger charge is -2.24. The largest absolute Gasteiger partial charge is 0.324 e. The fourth-order valence-electron chi connectivity index (χ4n) is 2.92. The molecule has 0 radical (unpaired) electrons. The number of nitrogens with zero attached hydrogens (tertiary/aromatic N) is 3. The van der Waals surface area contributed by atoms with Crippen LogP contribution in [0.15, 0.2) is 60.7 Å². The second kappa shape index (κ2) is 6.71. The van der Waals surface area contributed by atoms with Gasteiger partial charge in [-0.05, 0) is 23.3 Å². The Bertz CT molecular complexity index is 1130. The Balaban J connectivity index is 1.84. The molecule has 0 saturated carbocycles. The van der Waals surface area contributed by atoms with Gasteiger partial charge in [0.2, 0.25) is 16.0 Å². The van der Waals surface area contributed by atoms with E-state index in [1.165, 1.54) is 0 Å². The van der Waals surface area contributed by atoms with Crippen molar-refractivity contribution < 1.29 is 8.42 Å². The van der Waals surface area contributed by atoms with Crippen LogP contribution in [-0.4, -0.2) is 29.4 Å². The highest BCUT2D eigenvalue weighted by Crippen LogP contribution is 2.35. The molecule has 0 saturated heterocycles. The van der Waals surface area contributed by atoms with Crippen molar-refractivity contribution in [3.05, 3.63) is 76.8 Å². The third-order valence-corrected chi connectivity index (χ3v) is 4.95. The van der Waals surface area contributed by atoms with Crippen molar-refractivity contribution in [2.24, 2.45) is 0 Å². The third-order valence-electron chi connectivity index (χ3n) is 4.05. The highest BCUT2D eigenvalue weighted by Gasteiger charge is 2.27. The van der Waals surface area contributed by atoms with Crippen LogP contribution in [0.3, 0.4) is 0 Å². The molecule has 4 rings (SSSR count). The number of halogens is 1. The fourth-order valence-corrected chi connectivity index (χ4v) is 3.59. The average Bonchev–Trinajstić information content (AvgIpc) is 3.02. The minimum atomic E-state index is -3.49. The first-order valence-corrected chi connectivity index (χ1v) is 10.4. The van der Waals surface area contributed by atoms with Crippen molar-refractivity contribution in [3.8, 4) is 0 Å². The summed E-state index contributed by atoms with van der Waals surface area (Å²) in [5, 5.41) is 8.11. The van der Waals surface area contributed by atoms with Crippen molar-refractivity contribution in [2.75, 3.05) is 16.3 Å². The molecule has 1 unspecified atom stereocenters. The Morgan fingerprint density at radius 3 is 2.52 bits per heavy atom. The van der Waals surface area contributed by atoms with Gasteiger partial charge in [-0.3, -0.25) is 4.72 Å². The van der Waals surface area contributed by atoms with Crippen molar-refractivity contribution in [2.45, 2.75) is 6.04 Å². The molecule has 9 heteroatoms. The van der Waals surface area contributed by atoms with Gasteiger partial charge < -0.3 is 5.32 Å². The topological polar surface area (TPSA) is 88.9 Å². The third kappa shape index (κ3) is 3.67. The highest BCUT2D eigenvalue weighted by molar-refractivity contribution is 7.91. The van der Waals surface area contributed by atoms with Crippen LogP contribution in [0.2, 0.25) is 5.02 Å². The molecule has 0 spiro atoms. The first-order chi connectivity index (χ1) is 12.9. The molecule has 1 atom stereocenters. The summed E-state index contributed by atoms with van der Waals surface area (Å²) in [5.41, 5.74) is 2.65. The van der Waals surface area contributed by atoms with Crippen molar-refractivity contribution in [1.29, 1.82) is 0 Å². The molecule has 0 fully saturated rings. The van der Waals surface area contributed by atoms with Crippen molar-refractivity contribution >= 4 is 39.2 Å². The Labute approximate surface area is 161 Å². The van der Waals surface area contributed by atoms with E-state index in [1.54, 1.807) is 10.7 Å². The van der Waals surface area contributed by atoms with E-state index in [0.29, 0.717) is 11.0 Å². The van der Waals surface area contributed by atoms with Gasteiger partial charge in [-0.2, -0.15) is 4.98 Å². The quantitative estimate of drug-likeness (QED) is 0.699. The predicted molar refractivity (Wildman–Crippen MR) is 106 cm³/mol. The normalized spacial score (nSPS) is 16.2. The Morgan fingerprint density at radius 1 is 1.11 bits per heavy atom. The Morgan fingerprint density at radius 2 is 1.81 bits per heavy atom. The first-order valence-electron chi connectivity index (χ1n) is 8.14. The van der Waals surface area contributed by atoms with Gasteiger partial charge in [-0.1, -0.05) is 60.1 Å². The SMILES string of the molecule is CS(=O)(=O)Nc1nc2n(n1)C(c1ccccc1Cl)C=C(c1ccccc1)N2. The zero-order valence-corrected chi connectivity index (χ0v) is 15.9. The number of aromatic nitrogens is 3. The van der Waals surface area contributed by atoms with Gasteiger partial charge in [0.05, 0.1) is 6.26 Å². The number of allylic oxidation sites excluding steroid dienone is 1. The Hall–Kier alpha value is -2.84. The van der Waals surface area contributed by atoms with Crippen LogP contribution in [0.25, 0.3) is 5.70 Å². The number of fused-ring (bicyclic) bond motifs is 1. The number of anilines is 2. The lowest BCUT2D eigenvalue weighted by molar-refractivity contribution is 0.603. The van der Waals surface area contributed by atoms with Gasteiger partial charge in [0.1, 0.15) is 6.04 Å². The predicted octanol–water partition coefficient (Wildman–Crippen LogP) is 3.36. The van der Waals surface area contributed by atoms with E-state index in [-0.39, 0.29) is 12.0 Å². The molecule has 2 N–H and O–H groups in total. The van der Waals surface area contributed by atoms with Crippen molar-refractivity contribution in [3.63, 3.8) is 0 Å². The summed E-state index contributed by atoms with van der Waals surface area (Å²) < 4.78 is 27.0. The van der Waals surface area contributed by atoms with Crippen LogP contribution < -0.4 is 10.0 Å². The summed E-state index contributed by atoms with van der Waals surface area (Å²) >= 11 is 6.41. The molecule has 0 amide bonds. The second-order valence-electron chi connectivity index (χ2n) is 6.12. The maximum Gasteiger partial charge on any atom is 0.257 e. The van der Waals surface area contributed by atoms with Crippen LogP contribution in [0, 0.1) is 0 Å². The molecule has 2 aromatic carbocycles. The smallest absolute Gasteiger partial charge is 0.257 e. The molecule has 0 bridgehead atoms. The minimum Gasteiger partial charge on any atom is -0.324 e. The monoisotopic (exact) mass is 401 g/mol. The van der Waals surface area contributed by atoms with Gasteiger partial charge in [0.25, 0.3) is 5.95 Å². The molecular formula is C18H16ClN5O2S. The number of rotatable bonds is 4.